The molecule has 30 heavy (non-hydrogen) atoms. The van der Waals surface area contributed by atoms with E-state index in [1.807, 2.05) is 0 Å². The summed E-state index contributed by atoms with van der Waals surface area (Å²) >= 11 is 0. The highest BCUT2D eigenvalue weighted by atomic mass is 16.6. The molecule has 0 bridgehead atoms. The Morgan fingerprint density at radius 3 is 1.20 bits per heavy atom. The Morgan fingerprint density at radius 1 is 0.667 bits per heavy atom. The maximum Gasteiger partial charge on any atom is 0.217 e. The number of hydrogen-bond acceptors (Lipinski definition) is 12. The van der Waals surface area contributed by atoms with E-state index < -0.39 is 86.3 Å². The third-order valence-electron chi connectivity index (χ3n) is 4.54. The second kappa shape index (κ2) is 11.8. The topological polar surface area (TPSA) is 238 Å². The minimum Gasteiger partial charge on any atom is -0.394 e. The van der Waals surface area contributed by atoms with E-state index in [-0.39, 0.29) is 0 Å². The Balaban J connectivity index is 0.000000300. The van der Waals surface area contributed by atoms with Crippen LogP contribution in [-0.2, 0) is 19.1 Å². The van der Waals surface area contributed by atoms with Gasteiger partial charge in [-0.25, -0.2) is 0 Å². The lowest BCUT2D eigenvalue weighted by molar-refractivity contribution is -0.253. The van der Waals surface area contributed by atoms with Gasteiger partial charge in [-0.05, 0) is 0 Å². The predicted molar refractivity (Wildman–Crippen MR) is 95.2 cm³/mol. The number of ether oxygens (including phenoxy) is 2. The number of rotatable bonds is 4. The van der Waals surface area contributed by atoms with Crippen molar-refractivity contribution in [3.63, 3.8) is 0 Å². The lowest BCUT2D eigenvalue weighted by Gasteiger charge is -2.40. The summed E-state index contributed by atoms with van der Waals surface area (Å²) in [5.74, 6) is -0.923. The van der Waals surface area contributed by atoms with Crippen LogP contribution >= 0.6 is 0 Å². The van der Waals surface area contributed by atoms with E-state index in [1.165, 1.54) is 13.8 Å². The first-order valence-electron chi connectivity index (χ1n) is 9.09. The van der Waals surface area contributed by atoms with Gasteiger partial charge in [0.15, 0.2) is 12.6 Å². The van der Waals surface area contributed by atoms with Gasteiger partial charge in [0, 0.05) is 13.8 Å². The summed E-state index contributed by atoms with van der Waals surface area (Å²) in [7, 11) is 0. The lowest BCUT2D eigenvalue weighted by atomic mass is 9.97. The van der Waals surface area contributed by atoms with Crippen molar-refractivity contribution in [3.05, 3.63) is 0 Å². The molecule has 10 atom stereocenters. The zero-order valence-corrected chi connectivity index (χ0v) is 16.4. The smallest absolute Gasteiger partial charge is 0.217 e. The van der Waals surface area contributed by atoms with Crippen molar-refractivity contribution in [1.82, 2.24) is 10.6 Å². The maximum atomic E-state index is 10.7. The van der Waals surface area contributed by atoms with Gasteiger partial charge in [-0.3, -0.25) is 9.59 Å². The van der Waals surface area contributed by atoms with Gasteiger partial charge in [0.25, 0.3) is 0 Å². The van der Waals surface area contributed by atoms with Gasteiger partial charge in [0.2, 0.25) is 11.8 Å². The molecule has 10 N–H and O–H groups in total. The van der Waals surface area contributed by atoms with Crippen molar-refractivity contribution in [2.45, 2.75) is 75.1 Å². The van der Waals surface area contributed by atoms with E-state index in [0.29, 0.717) is 0 Å². The molecule has 0 aliphatic carbocycles. The second-order valence-corrected chi connectivity index (χ2v) is 6.91. The molecule has 0 aromatic carbocycles. The zero-order valence-electron chi connectivity index (χ0n) is 16.4. The average Bonchev–Trinajstić information content (AvgIpc) is 2.68. The molecule has 0 aromatic rings. The number of hydrogen-bond donors (Lipinski definition) is 10. The Labute approximate surface area is 171 Å². The third-order valence-corrected chi connectivity index (χ3v) is 4.54. The molecule has 14 nitrogen and oxygen atoms in total. The lowest BCUT2D eigenvalue weighted by Crippen LogP contribution is -2.63. The largest absolute Gasteiger partial charge is 0.394 e. The average molecular weight is 442 g/mol. The van der Waals surface area contributed by atoms with Gasteiger partial charge in [-0.2, -0.15) is 0 Å². The summed E-state index contributed by atoms with van der Waals surface area (Å²) in [5, 5.41) is 78.8. The Bertz CT molecular complexity index is 518. The molecule has 0 saturated carbocycles. The molecular formula is C16H30N2O12. The van der Waals surface area contributed by atoms with Gasteiger partial charge in [-0.15, -0.1) is 0 Å². The predicted octanol–water partition coefficient (Wildman–Crippen LogP) is -6.16. The van der Waals surface area contributed by atoms with Crippen molar-refractivity contribution in [2.75, 3.05) is 13.2 Å². The van der Waals surface area contributed by atoms with Crippen LogP contribution in [0.4, 0.5) is 0 Å². The summed E-state index contributed by atoms with van der Waals surface area (Å²) in [6.45, 7) is 1.37. The zero-order chi connectivity index (χ0) is 23.2. The number of aliphatic hydroxyl groups excluding tert-OH is 8. The molecule has 0 aromatic heterocycles. The highest BCUT2D eigenvalue weighted by Gasteiger charge is 2.44. The van der Waals surface area contributed by atoms with E-state index in [9.17, 15) is 40.2 Å². The van der Waals surface area contributed by atoms with Crippen molar-refractivity contribution >= 4 is 11.8 Å². The fraction of sp³-hybridized carbons (Fsp3) is 0.875. The van der Waals surface area contributed by atoms with Crippen LogP contribution in [0.15, 0.2) is 0 Å². The van der Waals surface area contributed by atoms with Crippen LogP contribution in [0.25, 0.3) is 0 Å². The molecule has 14 heteroatoms. The minimum atomic E-state index is -1.45. The summed E-state index contributed by atoms with van der Waals surface area (Å²) < 4.78 is 9.62. The number of nitrogens with one attached hydrogen (secondary N) is 2. The van der Waals surface area contributed by atoms with Crippen molar-refractivity contribution in [2.24, 2.45) is 0 Å². The highest BCUT2D eigenvalue weighted by molar-refractivity contribution is 5.73. The number of aliphatic hydroxyl groups is 8. The molecule has 2 rings (SSSR count). The van der Waals surface area contributed by atoms with Gasteiger partial charge >= 0.3 is 0 Å². The molecule has 6 unspecified atom stereocenters. The SMILES string of the molecule is CC(=O)NC1C(O)OC(CO)C(O)C1O.CC(=O)N[C@H]1C(O)O[C@H](CO)[C@H](O)[C@@H]1O. The van der Waals surface area contributed by atoms with Gasteiger partial charge in [0.1, 0.15) is 48.7 Å². The number of carbonyl (C=O) groups is 2. The summed E-state index contributed by atoms with van der Waals surface area (Å²) in [6.07, 6.45) is -10.5. The molecule has 2 saturated heterocycles. The molecule has 176 valence electrons. The van der Waals surface area contributed by atoms with Crippen LogP contribution in [-0.4, -0.2) is 127 Å². The van der Waals surface area contributed by atoms with Crippen LogP contribution in [0.1, 0.15) is 13.8 Å². The van der Waals surface area contributed by atoms with Crippen LogP contribution < -0.4 is 10.6 Å². The summed E-state index contributed by atoms with van der Waals surface area (Å²) in [6, 6.07) is -2.19. The molecular weight excluding hydrogens is 412 g/mol. The Hall–Kier alpha value is -1.46. The van der Waals surface area contributed by atoms with E-state index in [0.717, 1.165) is 0 Å². The number of amides is 2. The van der Waals surface area contributed by atoms with Gasteiger partial charge < -0.3 is 61.0 Å². The monoisotopic (exact) mass is 442 g/mol. The quantitative estimate of drug-likeness (QED) is 0.196. The van der Waals surface area contributed by atoms with Crippen molar-refractivity contribution in [1.29, 1.82) is 0 Å². The van der Waals surface area contributed by atoms with Crippen LogP contribution in [0.5, 0.6) is 0 Å². The molecule has 2 fully saturated rings. The molecule has 2 heterocycles. The minimum absolute atomic E-state index is 0.462. The molecule has 0 radical (unpaired) electrons. The standard InChI is InChI=1S/2C8H15NO6/c2*1-3(11)9-5-7(13)6(12)4(2-10)15-8(5)14/h2*4-8,10,12-14H,2H2,1H3,(H,9,11)/t4-,5-,6+,7-,8?;/m1./s1. The Kier molecular flexibility index (Phi) is 10.5. The van der Waals surface area contributed by atoms with Crippen LogP contribution in [0, 0.1) is 0 Å². The van der Waals surface area contributed by atoms with Gasteiger partial charge in [-0.1, -0.05) is 0 Å². The van der Waals surface area contributed by atoms with Crippen LogP contribution in [0.3, 0.4) is 0 Å². The second-order valence-electron chi connectivity index (χ2n) is 6.91. The third kappa shape index (κ3) is 6.78. The van der Waals surface area contributed by atoms with E-state index in [4.69, 9.17) is 19.7 Å². The molecule has 2 aliphatic heterocycles. The molecule has 0 spiro atoms. The molecule has 2 amide bonds. The normalized spacial score (nSPS) is 41.3. The fourth-order valence-corrected chi connectivity index (χ4v) is 2.98. The molecule has 2 aliphatic rings. The van der Waals surface area contributed by atoms with E-state index in [1.54, 1.807) is 0 Å². The van der Waals surface area contributed by atoms with Crippen molar-refractivity contribution in [3.8, 4) is 0 Å². The fourth-order valence-electron chi connectivity index (χ4n) is 2.98. The Morgan fingerprint density at radius 2 is 0.967 bits per heavy atom. The van der Waals surface area contributed by atoms with Crippen LogP contribution in [0.2, 0.25) is 0 Å². The first-order valence-corrected chi connectivity index (χ1v) is 9.09. The first-order chi connectivity index (χ1) is 13.9. The van der Waals surface area contributed by atoms with E-state index in [2.05, 4.69) is 10.6 Å². The van der Waals surface area contributed by atoms with Gasteiger partial charge in [0.05, 0.1) is 13.2 Å². The maximum absolute atomic E-state index is 10.7. The first kappa shape index (κ1) is 26.6. The number of carbonyl (C=O) groups excluding carboxylic acids is 2. The highest BCUT2D eigenvalue weighted by Crippen LogP contribution is 2.20. The van der Waals surface area contributed by atoms with Crippen molar-refractivity contribution < 1.29 is 59.9 Å². The summed E-state index contributed by atoms with van der Waals surface area (Å²) in [5.41, 5.74) is 0. The summed E-state index contributed by atoms with van der Waals surface area (Å²) in [4.78, 5) is 21.5. The van der Waals surface area contributed by atoms with E-state index >= 15 is 0 Å².